The fourth-order valence-electron chi connectivity index (χ4n) is 1.24. The van der Waals surface area contributed by atoms with E-state index >= 15 is 0 Å². The lowest BCUT2D eigenvalue weighted by Crippen LogP contribution is -2.49. The first-order valence-corrected chi connectivity index (χ1v) is 5.43. The number of hydrogen-bond acceptors (Lipinski definition) is 2. The summed E-state index contributed by atoms with van der Waals surface area (Å²) in [6.07, 6.45) is -0.957. The SMILES string of the molecule is CC(C)CNCC(NC(=O)O)C(C)(C)C. The standard InChI is InChI=1S/C11H24N2O2/c1-8(2)6-12-7-9(11(3,4)5)13-10(14)15/h8-9,12-13H,6-7H2,1-5H3,(H,14,15). The molecule has 0 saturated carbocycles. The minimum absolute atomic E-state index is 0.0613. The van der Waals surface area contributed by atoms with Crippen molar-refractivity contribution < 1.29 is 9.90 Å². The van der Waals surface area contributed by atoms with E-state index in [1.54, 1.807) is 0 Å². The lowest BCUT2D eigenvalue weighted by molar-refractivity contribution is 0.173. The highest BCUT2D eigenvalue weighted by Gasteiger charge is 2.25. The lowest BCUT2D eigenvalue weighted by atomic mass is 9.86. The third-order valence-corrected chi connectivity index (χ3v) is 2.24. The molecule has 0 aromatic carbocycles. The van der Waals surface area contributed by atoms with Gasteiger partial charge in [-0.1, -0.05) is 34.6 Å². The van der Waals surface area contributed by atoms with Crippen LogP contribution in [0.4, 0.5) is 4.79 Å². The minimum Gasteiger partial charge on any atom is -0.465 e. The summed E-state index contributed by atoms with van der Waals surface area (Å²) in [5.74, 6) is 0.579. The van der Waals surface area contributed by atoms with Crippen LogP contribution in [-0.4, -0.2) is 30.3 Å². The number of carboxylic acid groups (broad SMARTS) is 1. The maximum absolute atomic E-state index is 10.6. The number of hydrogen-bond donors (Lipinski definition) is 3. The summed E-state index contributed by atoms with van der Waals surface area (Å²) in [5.41, 5.74) is -0.0671. The molecule has 0 radical (unpaired) electrons. The molecule has 90 valence electrons. The normalized spacial score (nSPS) is 14.0. The second-order valence-corrected chi connectivity index (χ2v) is 5.42. The Morgan fingerprint density at radius 2 is 1.80 bits per heavy atom. The van der Waals surface area contributed by atoms with Crippen LogP contribution in [-0.2, 0) is 0 Å². The first-order valence-electron chi connectivity index (χ1n) is 5.43. The first kappa shape index (κ1) is 14.2. The monoisotopic (exact) mass is 216 g/mol. The van der Waals surface area contributed by atoms with Gasteiger partial charge in [-0.2, -0.15) is 0 Å². The van der Waals surface area contributed by atoms with Gasteiger partial charge in [-0.05, 0) is 17.9 Å². The van der Waals surface area contributed by atoms with Gasteiger partial charge >= 0.3 is 6.09 Å². The second-order valence-electron chi connectivity index (χ2n) is 5.42. The van der Waals surface area contributed by atoms with E-state index in [2.05, 4.69) is 24.5 Å². The maximum atomic E-state index is 10.6. The average molecular weight is 216 g/mol. The highest BCUT2D eigenvalue weighted by atomic mass is 16.4. The molecule has 1 atom stereocenters. The van der Waals surface area contributed by atoms with Gasteiger partial charge < -0.3 is 15.7 Å². The average Bonchev–Trinajstić information content (AvgIpc) is 1.99. The fraction of sp³-hybridized carbons (Fsp3) is 0.909. The van der Waals surface area contributed by atoms with Gasteiger partial charge in [0.2, 0.25) is 0 Å². The predicted octanol–water partition coefficient (Wildman–Crippen LogP) is 1.91. The van der Waals surface area contributed by atoms with Crippen molar-refractivity contribution in [2.75, 3.05) is 13.1 Å². The number of rotatable bonds is 5. The highest BCUT2D eigenvalue weighted by molar-refractivity contribution is 5.65. The van der Waals surface area contributed by atoms with E-state index in [1.807, 2.05) is 20.8 Å². The van der Waals surface area contributed by atoms with Crippen molar-refractivity contribution in [3.05, 3.63) is 0 Å². The maximum Gasteiger partial charge on any atom is 0.404 e. The lowest BCUT2D eigenvalue weighted by Gasteiger charge is -2.31. The Balaban J connectivity index is 4.09. The zero-order chi connectivity index (χ0) is 12.1. The predicted molar refractivity (Wildman–Crippen MR) is 62.1 cm³/mol. The Bertz CT molecular complexity index is 197. The Morgan fingerprint density at radius 3 is 2.13 bits per heavy atom. The van der Waals surface area contributed by atoms with Gasteiger partial charge in [0.15, 0.2) is 0 Å². The molecule has 0 spiro atoms. The molecule has 0 rings (SSSR count). The van der Waals surface area contributed by atoms with Crippen LogP contribution in [0, 0.1) is 11.3 Å². The summed E-state index contributed by atoms with van der Waals surface area (Å²) in [6, 6.07) is -0.0613. The Morgan fingerprint density at radius 1 is 1.27 bits per heavy atom. The van der Waals surface area contributed by atoms with Gasteiger partial charge in [0.25, 0.3) is 0 Å². The van der Waals surface area contributed by atoms with Gasteiger partial charge in [-0.25, -0.2) is 4.79 Å². The van der Waals surface area contributed by atoms with Gasteiger partial charge in [0, 0.05) is 12.6 Å². The summed E-state index contributed by atoms with van der Waals surface area (Å²) in [4.78, 5) is 10.6. The van der Waals surface area contributed by atoms with Crippen LogP contribution in [0.3, 0.4) is 0 Å². The highest BCUT2D eigenvalue weighted by Crippen LogP contribution is 2.18. The number of amides is 1. The quantitative estimate of drug-likeness (QED) is 0.658. The van der Waals surface area contributed by atoms with E-state index in [1.165, 1.54) is 0 Å². The summed E-state index contributed by atoms with van der Waals surface area (Å²) in [7, 11) is 0. The van der Waals surface area contributed by atoms with Crippen molar-refractivity contribution in [3.63, 3.8) is 0 Å². The Labute approximate surface area is 92.4 Å². The Kier molecular flexibility index (Phi) is 5.65. The van der Waals surface area contributed by atoms with Crippen molar-refractivity contribution in [2.45, 2.75) is 40.7 Å². The molecular weight excluding hydrogens is 192 g/mol. The first-order chi connectivity index (χ1) is 6.73. The van der Waals surface area contributed by atoms with E-state index < -0.39 is 6.09 Å². The molecular formula is C11H24N2O2. The van der Waals surface area contributed by atoms with Crippen LogP contribution in [0.5, 0.6) is 0 Å². The van der Waals surface area contributed by atoms with Crippen molar-refractivity contribution in [1.29, 1.82) is 0 Å². The molecule has 1 amide bonds. The molecule has 0 aliphatic carbocycles. The van der Waals surface area contributed by atoms with Crippen LogP contribution in [0.1, 0.15) is 34.6 Å². The van der Waals surface area contributed by atoms with E-state index in [4.69, 9.17) is 5.11 Å². The molecule has 0 bridgehead atoms. The van der Waals surface area contributed by atoms with Crippen LogP contribution in [0.15, 0.2) is 0 Å². The molecule has 3 N–H and O–H groups in total. The van der Waals surface area contributed by atoms with Crippen LogP contribution in [0.2, 0.25) is 0 Å². The van der Waals surface area contributed by atoms with Gasteiger partial charge in [-0.15, -0.1) is 0 Å². The largest absolute Gasteiger partial charge is 0.465 e. The zero-order valence-electron chi connectivity index (χ0n) is 10.4. The molecule has 15 heavy (non-hydrogen) atoms. The summed E-state index contributed by atoms with van der Waals surface area (Å²) in [5, 5.41) is 14.5. The van der Waals surface area contributed by atoms with Crippen molar-refractivity contribution in [2.24, 2.45) is 11.3 Å². The molecule has 1 unspecified atom stereocenters. The molecule has 0 fully saturated rings. The summed E-state index contributed by atoms with van der Waals surface area (Å²) in [6.45, 7) is 11.9. The number of nitrogens with one attached hydrogen (secondary N) is 2. The van der Waals surface area contributed by atoms with E-state index in [0.717, 1.165) is 6.54 Å². The number of carbonyl (C=O) groups is 1. The van der Waals surface area contributed by atoms with Gasteiger partial charge in [-0.3, -0.25) is 0 Å². The van der Waals surface area contributed by atoms with Crippen molar-refractivity contribution in [3.8, 4) is 0 Å². The van der Waals surface area contributed by atoms with Crippen LogP contribution >= 0.6 is 0 Å². The molecule has 0 saturated heterocycles. The van der Waals surface area contributed by atoms with Crippen molar-refractivity contribution >= 4 is 6.09 Å². The molecule has 0 heterocycles. The molecule has 0 aliphatic heterocycles. The molecule has 4 heteroatoms. The van der Waals surface area contributed by atoms with Crippen LogP contribution < -0.4 is 10.6 Å². The summed E-state index contributed by atoms with van der Waals surface area (Å²) >= 11 is 0. The van der Waals surface area contributed by atoms with Crippen LogP contribution in [0.25, 0.3) is 0 Å². The smallest absolute Gasteiger partial charge is 0.404 e. The van der Waals surface area contributed by atoms with E-state index in [9.17, 15) is 4.79 Å². The summed E-state index contributed by atoms with van der Waals surface area (Å²) < 4.78 is 0. The van der Waals surface area contributed by atoms with E-state index in [0.29, 0.717) is 12.5 Å². The molecule has 0 aromatic rings. The molecule has 0 aliphatic rings. The minimum atomic E-state index is -0.957. The second kappa shape index (κ2) is 5.95. The third kappa shape index (κ3) is 7.19. The topological polar surface area (TPSA) is 61.4 Å². The Hall–Kier alpha value is -0.770. The third-order valence-electron chi connectivity index (χ3n) is 2.24. The van der Waals surface area contributed by atoms with Gasteiger partial charge in [0.1, 0.15) is 0 Å². The zero-order valence-corrected chi connectivity index (χ0v) is 10.4. The fourth-order valence-corrected chi connectivity index (χ4v) is 1.24. The molecule has 0 aromatic heterocycles. The van der Waals surface area contributed by atoms with E-state index in [-0.39, 0.29) is 11.5 Å². The molecule has 4 nitrogen and oxygen atoms in total. The van der Waals surface area contributed by atoms with Gasteiger partial charge in [0.05, 0.1) is 0 Å². The van der Waals surface area contributed by atoms with Crippen molar-refractivity contribution in [1.82, 2.24) is 10.6 Å².